The van der Waals surface area contributed by atoms with Crippen LogP contribution in [-0.4, -0.2) is 30.1 Å². The van der Waals surface area contributed by atoms with E-state index in [1.165, 1.54) is 25.8 Å². The van der Waals surface area contributed by atoms with Crippen LogP contribution in [0.4, 0.5) is 0 Å². The van der Waals surface area contributed by atoms with Crippen LogP contribution in [0.2, 0.25) is 0 Å². The van der Waals surface area contributed by atoms with Crippen molar-refractivity contribution in [1.82, 2.24) is 0 Å². The number of rotatable bonds is 3. The Hall–Kier alpha value is -1.40. The minimum Gasteiger partial charge on any atom is -0.435 e. The molecule has 0 aromatic rings. The lowest BCUT2D eigenvalue weighted by Crippen LogP contribution is -2.50. The van der Waals surface area contributed by atoms with Crippen LogP contribution in [0.25, 0.3) is 0 Å². The molecule has 0 amide bonds. The SMILES string of the molecule is CC(=O)O[C@H]1O[C@@H](OC(C)=O)[C@@H]2CC=C([C@]3(N)CCCC(C)(C)C3)C[C@H]12. The predicted octanol–water partition coefficient (Wildman–Crippen LogP) is 3.05. The van der Waals surface area contributed by atoms with Gasteiger partial charge >= 0.3 is 11.9 Å². The van der Waals surface area contributed by atoms with E-state index in [4.69, 9.17) is 19.9 Å². The van der Waals surface area contributed by atoms with Crippen LogP contribution in [-0.2, 0) is 23.8 Å². The van der Waals surface area contributed by atoms with Crippen molar-refractivity contribution in [1.29, 1.82) is 0 Å². The molecule has 1 saturated heterocycles. The summed E-state index contributed by atoms with van der Waals surface area (Å²) in [5, 5.41) is 0. The standard InChI is InChI=1S/C20H31NO5/c1-12(22)24-17-15-7-6-14(10-16(15)18(26-17)25-13(2)23)20(21)9-5-8-19(3,4)11-20/h6,15-18H,5,7-11,21H2,1-4H3/t15-,16+,17-,18+,20+/m1/s1. The predicted molar refractivity (Wildman–Crippen MR) is 95.7 cm³/mol. The Labute approximate surface area is 155 Å². The van der Waals surface area contributed by atoms with Gasteiger partial charge in [0.05, 0.1) is 0 Å². The average Bonchev–Trinajstić information content (AvgIpc) is 2.82. The van der Waals surface area contributed by atoms with Crippen molar-refractivity contribution in [2.75, 3.05) is 0 Å². The lowest BCUT2D eigenvalue weighted by atomic mass is 9.63. The van der Waals surface area contributed by atoms with E-state index in [1.54, 1.807) is 0 Å². The summed E-state index contributed by atoms with van der Waals surface area (Å²) in [5.41, 5.74) is 8.00. The number of esters is 2. The van der Waals surface area contributed by atoms with Gasteiger partial charge in [0, 0.05) is 31.2 Å². The van der Waals surface area contributed by atoms with Crippen LogP contribution in [0.5, 0.6) is 0 Å². The van der Waals surface area contributed by atoms with E-state index >= 15 is 0 Å². The average molecular weight is 365 g/mol. The molecule has 2 aliphatic carbocycles. The molecule has 5 atom stereocenters. The molecule has 2 N–H and O–H groups in total. The van der Waals surface area contributed by atoms with Crippen molar-refractivity contribution >= 4 is 11.9 Å². The van der Waals surface area contributed by atoms with Crippen molar-refractivity contribution < 1.29 is 23.8 Å². The highest BCUT2D eigenvalue weighted by Crippen LogP contribution is 2.50. The highest BCUT2D eigenvalue weighted by molar-refractivity contribution is 5.66. The topological polar surface area (TPSA) is 87.9 Å². The third-order valence-corrected chi connectivity index (χ3v) is 6.08. The molecule has 3 aliphatic rings. The zero-order valence-electron chi connectivity index (χ0n) is 16.2. The fraction of sp³-hybridized carbons (Fsp3) is 0.800. The lowest BCUT2D eigenvalue weighted by Gasteiger charge is -2.46. The largest absolute Gasteiger partial charge is 0.435 e. The molecule has 6 heteroatoms. The van der Waals surface area contributed by atoms with Gasteiger partial charge < -0.3 is 19.9 Å². The van der Waals surface area contributed by atoms with Crippen LogP contribution in [0.3, 0.4) is 0 Å². The minimum absolute atomic E-state index is 0.00722. The molecular weight excluding hydrogens is 334 g/mol. The third kappa shape index (κ3) is 3.96. The number of fused-ring (bicyclic) bond motifs is 1. The van der Waals surface area contributed by atoms with Gasteiger partial charge in [-0.1, -0.05) is 31.9 Å². The maximum Gasteiger partial charge on any atom is 0.304 e. The van der Waals surface area contributed by atoms with Gasteiger partial charge in [-0.15, -0.1) is 0 Å². The first-order valence-corrected chi connectivity index (χ1v) is 9.58. The zero-order chi connectivity index (χ0) is 19.1. The van der Waals surface area contributed by atoms with E-state index in [0.29, 0.717) is 6.42 Å². The van der Waals surface area contributed by atoms with E-state index in [9.17, 15) is 9.59 Å². The molecular formula is C20H31NO5. The summed E-state index contributed by atoms with van der Waals surface area (Å²) in [5.74, 6) is -0.827. The number of hydrogen-bond donors (Lipinski definition) is 1. The molecule has 1 heterocycles. The molecule has 1 saturated carbocycles. The molecule has 2 fully saturated rings. The molecule has 146 valence electrons. The number of allylic oxidation sites excluding steroid dienone is 1. The summed E-state index contributed by atoms with van der Waals surface area (Å²) in [4.78, 5) is 22.9. The number of carbonyl (C=O) groups is 2. The highest BCUT2D eigenvalue weighted by Gasteiger charge is 2.51. The smallest absolute Gasteiger partial charge is 0.304 e. The molecule has 0 bridgehead atoms. The van der Waals surface area contributed by atoms with Crippen molar-refractivity contribution in [2.45, 2.75) is 84.3 Å². The second-order valence-electron chi connectivity index (χ2n) is 8.94. The molecule has 6 nitrogen and oxygen atoms in total. The summed E-state index contributed by atoms with van der Waals surface area (Å²) in [6.45, 7) is 7.28. The van der Waals surface area contributed by atoms with Crippen molar-refractivity contribution in [3.05, 3.63) is 11.6 Å². The fourth-order valence-electron chi connectivity index (χ4n) is 5.04. The third-order valence-electron chi connectivity index (χ3n) is 6.08. The molecule has 26 heavy (non-hydrogen) atoms. The monoisotopic (exact) mass is 365 g/mol. The van der Waals surface area contributed by atoms with Crippen LogP contribution in [0, 0.1) is 17.3 Å². The maximum absolute atomic E-state index is 11.5. The van der Waals surface area contributed by atoms with Crippen molar-refractivity contribution in [2.24, 2.45) is 23.0 Å². The number of carbonyl (C=O) groups excluding carboxylic acids is 2. The van der Waals surface area contributed by atoms with Crippen LogP contribution >= 0.6 is 0 Å². The molecule has 0 aromatic carbocycles. The maximum atomic E-state index is 11.5. The van der Waals surface area contributed by atoms with E-state index in [0.717, 1.165) is 25.7 Å². The van der Waals surface area contributed by atoms with Gasteiger partial charge in [0.2, 0.25) is 12.6 Å². The van der Waals surface area contributed by atoms with Crippen LogP contribution < -0.4 is 5.73 Å². The van der Waals surface area contributed by atoms with Gasteiger partial charge in [0.15, 0.2) is 0 Å². The Morgan fingerprint density at radius 1 is 1.12 bits per heavy atom. The van der Waals surface area contributed by atoms with Gasteiger partial charge in [-0.3, -0.25) is 9.59 Å². The van der Waals surface area contributed by atoms with Crippen molar-refractivity contribution in [3.8, 4) is 0 Å². The molecule has 0 spiro atoms. The first-order valence-electron chi connectivity index (χ1n) is 9.58. The first-order chi connectivity index (χ1) is 12.1. The van der Waals surface area contributed by atoms with E-state index in [-0.39, 0.29) is 22.8 Å². The molecule has 0 aromatic heterocycles. The lowest BCUT2D eigenvalue weighted by molar-refractivity contribution is -0.214. The Morgan fingerprint density at radius 2 is 1.73 bits per heavy atom. The Morgan fingerprint density at radius 3 is 2.31 bits per heavy atom. The van der Waals surface area contributed by atoms with Crippen LogP contribution in [0.1, 0.15) is 66.2 Å². The first kappa shape index (κ1) is 19.4. The van der Waals surface area contributed by atoms with Gasteiger partial charge in [-0.25, -0.2) is 0 Å². The molecule has 3 rings (SSSR count). The second-order valence-corrected chi connectivity index (χ2v) is 8.94. The van der Waals surface area contributed by atoms with Gasteiger partial charge in [-0.2, -0.15) is 0 Å². The summed E-state index contributed by atoms with van der Waals surface area (Å²) in [6, 6.07) is 0. The number of hydrogen-bond acceptors (Lipinski definition) is 6. The molecule has 0 unspecified atom stereocenters. The van der Waals surface area contributed by atoms with Crippen LogP contribution in [0.15, 0.2) is 11.6 Å². The van der Waals surface area contributed by atoms with Gasteiger partial charge in [-0.05, 0) is 37.5 Å². The Kier molecular flexibility index (Phi) is 5.19. The summed E-state index contributed by atoms with van der Waals surface area (Å²) in [7, 11) is 0. The zero-order valence-corrected chi connectivity index (χ0v) is 16.2. The molecule has 1 aliphatic heterocycles. The summed E-state index contributed by atoms with van der Waals surface area (Å²) >= 11 is 0. The van der Waals surface area contributed by atoms with Gasteiger partial charge in [0.25, 0.3) is 0 Å². The summed E-state index contributed by atoms with van der Waals surface area (Å²) < 4.78 is 16.5. The summed E-state index contributed by atoms with van der Waals surface area (Å²) in [6.07, 6.45) is 6.53. The fourth-order valence-corrected chi connectivity index (χ4v) is 5.04. The normalized spacial score (nSPS) is 38.9. The molecule has 0 radical (unpaired) electrons. The second kappa shape index (κ2) is 6.97. The number of nitrogens with two attached hydrogens (primary N) is 1. The Bertz CT molecular complexity index is 613. The quantitative estimate of drug-likeness (QED) is 0.611. The van der Waals surface area contributed by atoms with E-state index < -0.39 is 24.5 Å². The van der Waals surface area contributed by atoms with Crippen molar-refractivity contribution in [3.63, 3.8) is 0 Å². The van der Waals surface area contributed by atoms with E-state index in [2.05, 4.69) is 19.9 Å². The minimum atomic E-state index is -0.689. The van der Waals surface area contributed by atoms with E-state index in [1.807, 2.05) is 0 Å². The van der Waals surface area contributed by atoms with Gasteiger partial charge in [0.1, 0.15) is 0 Å². The Balaban J connectivity index is 1.81. The number of ether oxygens (including phenoxy) is 3. The highest BCUT2D eigenvalue weighted by atomic mass is 16.8.